The van der Waals surface area contributed by atoms with Crippen molar-refractivity contribution in [1.29, 1.82) is 0 Å². The molecule has 0 heterocycles. The van der Waals surface area contributed by atoms with Gasteiger partial charge < -0.3 is 19.7 Å². The number of ether oxygens (including phenoxy) is 2. The molecule has 4 nitrogen and oxygen atoms in total. The number of hydrogen-bond donors (Lipinski definition) is 2. The van der Waals surface area contributed by atoms with E-state index in [1.54, 1.807) is 26.4 Å². The Morgan fingerprint density at radius 2 is 1.15 bits per heavy atom. The zero-order chi connectivity index (χ0) is 23.6. The zero-order valence-corrected chi connectivity index (χ0v) is 20.2. The van der Waals surface area contributed by atoms with Crippen molar-refractivity contribution >= 4 is 11.1 Å². The molecule has 2 atom stereocenters. The second-order valence-corrected chi connectivity index (χ2v) is 10.00. The molecule has 0 amide bonds. The molecule has 2 aliphatic rings. The van der Waals surface area contributed by atoms with Gasteiger partial charge in [-0.15, -0.1) is 0 Å². The Kier molecular flexibility index (Phi) is 6.73. The quantitative estimate of drug-likeness (QED) is 0.490. The molecule has 4 rings (SSSR count). The third kappa shape index (κ3) is 4.75. The van der Waals surface area contributed by atoms with Crippen molar-refractivity contribution in [2.24, 2.45) is 17.3 Å². The van der Waals surface area contributed by atoms with Gasteiger partial charge in [0.2, 0.25) is 0 Å². The van der Waals surface area contributed by atoms with Crippen LogP contribution in [-0.4, -0.2) is 24.4 Å². The zero-order valence-electron chi connectivity index (χ0n) is 20.2. The smallest absolute Gasteiger partial charge is 0.161 e. The topological polar surface area (TPSA) is 58.9 Å². The molecule has 0 fully saturated rings. The minimum absolute atomic E-state index is 0.187. The number of hydrogen-bond acceptors (Lipinski definition) is 4. The average molecular weight is 449 g/mol. The SMILES string of the molecule is COc1cc(C2=CCC(C(C)(C)C3CC=C(c4ccc(O)c(OC)c4)CC3)CC2)ccc1O. The second-order valence-electron chi connectivity index (χ2n) is 10.00. The Morgan fingerprint density at radius 3 is 1.48 bits per heavy atom. The van der Waals surface area contributed by atoms with E-state index in [9.17, 15) is 10.2 Å². The van der Waals surface area contributed by atoms with Crippen LogP contribution < -0.4 is 9.47 Å². The largest absolute Gasteiger partial charge is 0.504 e. The summed E-state index contributed by atoms with van der Waals surface area (Å²) in [6.07, 6.45) is 11.5. The van der Waals surface area contributed by atoms with Gasteiger partial charge in [-0.2, -0.15) is 0 Å². The summed E-state index contributed by atoms with van der Waals surface area (Å²) < 4.78 is 10.6. The van der Waals surface area contributed by atoms with Crippen molar-refractivity contribution < 1.29 is 19.7 Å². The van der Waals surface area contributed by atoms with E-state index in [1.165, 1.54) is 24.0 Å². The molecular weight excluding hydrogens is 412 g/mol. The first-order chi connectivity index (χ1) is 15.8. The third-order valence-electron chi connectivity index (χ3n) is 8.03. The Labute approximate surface area is 197 Å². The molecule has 2 N–H and O–H groups in total. The molecule has 0 saturated carbocycles. The molecule has 176 valence electrons. The Morgan fingerprint density at radius 1 is 0.727 bits per heavy atom. The number of allylic oxidation sites excluding steroid dienone is 4. The number of methoxy groups -OCH3 is 2. The fraction of sp³-hybridized carbons (Fsp3) is 0.448. The van der Waals surface area contributed by atoms with Gasteiger partial charge in [0.05, 0.1) is 14.2 Å². The van der Waals surface area contributed by atoms with E-state index in [1.807, 2.05) is 24.3 Å². The van der Waals surface area contributed by atoms with E-state index in [2.05, 4.69) is 26.0 Å². The minimum atomic E-state index is 0.187. The molecule has 0 bridgehead atoms. The maximum atomic E-state index is 9.89. The minimum Gasteiger partial charge on any atom is -0.504 e. The van der Waals surface area contributed by atoms with E-state index in [0.29, 0.717) is 23.3 Å². The van der Waals surface area contributed by atoms with Crippen LogP contribution in [0, 0.1) is 17.3 Å². The monoisotopic (exact) mass is 448 g/mol. The van der Waals surface area contributed by atoms with Crippen LogP contribution in [0.25, 0.3) is 11.1 Å². The van der Waals surface area contributed by atoms with Crippen molar-refractivity contribution in [1.82, 2.24) is 0 Å². The predicted octanol–water partition coefficient (Wildman–Crippen LogP) is 7.21. The maximum Gasteiger partial charge on any atom is 0.161 e. The van der Waals surface area contributed by atoms with Crippen molar-refractivity contribution in [3.63, 3.8) is 0 Å². The normalized spacial score (nSPS) is 21.2. The lowest BCUT2D eigenvalue weighted by atomic mass is 9.61. The van der Waals surface area contributed by atoms with Gasteiger partial charge in [-0.05, 0) is 102 Å². The molecule has 0 radical (unpaired) electrons. The Bertz CT molecular complexity index is 980. The van der Waals surface area contributed by atoms with Crippen LogP contribution in [0.2, 0.25) is 0 Å². The van der Waals surface area contributed by atoms with Crippen LogP contribution in [0.3, 0.4) is 0 Å². The van der Waals surface area contributed by atoms with Gasteiger partial charge in [-0.1, -0.05) is 38.1 Å². The Balaban J connectivity index is 1.43. The van der Waals surface area contributed by atoms with E-state index < -0.39 is 0 Å². The highest BCUT2D eigenvalue weighted by atomic mass is 16.5. The summed E-state index contributed by atoms with van der Waals surface area (Å²) in [6.45, 7) is 4.90. The summed E-state index contributed by atoms with van der Waals surface area (Å²) in [6, 6.07) is 11.3. The number of rotatable bonds is 6. The molecule has 0 aromatic heterocycles. The van der Waals surface area contributed by atoms with Gasteiger partial charge >= 0.3 is 0 Å². The summed E-state index contributed by atoms with van der Waals surface area (Å²) >= 11 is 0. The van der Waals surface area contributed by atoms with Gasteiger partial charge in [-0.25, -0.2) is 0 Å². The summed E-state index contributed by atoms with van der Waals surface area (Å²) in [4.78, 5) is 0. The van der Waals surface area contributed by atoms with Gasteiger partial charge in [-0.3, -0.25) is 0 Å². The number of aromatic hydroxyl groups is 2. The molecule has 2 aliphatic carbocycles. The molecule has 33 heavy (non-hydrogen) atoms. The molecule has 0 saturated heterocycles. The summed E-state index contributed by atoms with van der Waals surface area (Å²) in [5.41, 5.74) is 5.27. The first kappa shape index (κ1) is 23.3. The van der Waals surface area contributed by atoms with Gasteiger partial charge in [0.25, 0.3) is 0 Å². The first-order valence-electron chi connectivity index (χ1n) is 12.0. The van der Waals surface area contributed by atoms with Gasteiger partial charge in [0.15, 0.2) is 23.0 Å². The highest BCUT2D eigenvalue weighted by molar-refractivity contribution is 5.69. The molecule has 0 spiro atoms. The molecule has 0 aliphatic heterocycles. The lowest BCUT2D eigenvalue weighted by molar-refractivity contribution is 0.0991. The summed E-state index contributed by atoms with van der Waals surface area (Å²) in [7, 11) is 3.18. The van der Waals surface area contributed by atoms with Crippen LogP contribution in [0.4, 0.5) is 0 Å². The molecule has 2 aromatic carbocycles. The number of phenolic OH excluding ortho intramolecular Hbond substituents is 2. The lowest BCUT2D eigenvalue weighted by Gasteiger charge is -2.44. The molecule has 2 aromatic rings. The average Bonchev–Trinajstić information content (AvgIpc) is 2.85. The fourth-order valence-electron chi connectivity index (χ4n) is 5.63. The van der Waals surface area contributed by atoms with Crippen LogP contribution in [0.1, 0.15) is 63.5 Å². The van der Waals surface area contributed by atoms with Crippen LogP contribution in [-0.2, 0) is 0 Å². The fourth-order valence-corrected chi connectivity index (χ4v) is 5.63. The van der Waals surface area contributed by atoms with Crippen molar-refractivity contribution in [3.8, 4) is 23.0 Å². The van der Waals surface area contributed by atoms with E-state index in [4.69, 9.17) is 9.47 Å². The van der Waals surface area contributed by atoms with Crippen LogP contribution >= 0.6 is 0 Å². The van der Waals surface area contributed by atoms with Crippen LogP contribution in [0.5, 0.6) is 23.0 Å². The molecule has 4 heteroatoms. The first-order valence-corrected chi connectivity index (χ1v) is 12.0. The molecule has 2 unspecified atom stereocenters. The number of benzene rings is 2. The van der Waals surface area contributed by atoms with E-state index >= 15 is 0 Å². The van der Waals surface area contributed by atoms with E-state index in [-0.39, 0.29) is 16.9 Å². The highest BCUT2D eigenvalue weighted by Gasteiger charge is 2.38. The lowest BCUT2D eigenvalue weighted by Crippen LogP contribution is -2.34. The summed E-state index contributed by atoms with van der Waals surface area (Å²) in [5.74, 6) is 2.76. The van der Waals surface area contributed by atoms with E-state index in [0.717, 1.165) is 36.8 Å². The molecular formula is C29H36O4. The number of phenols is 2. The van der Waals surface area contributed by atoms with Gasteiger partial charge in [0.1, 0.15) is 0 Å². The predicted molar refractivity (Wildman–Crippen MR) is 134 cm³/mol. The highest BCUT2D eigenvalue weighted by Crippen LogP contribution is 2.49. The third-order valence-corrected chi connectivity index (χ3v) is 8.03. The van der Waals surface area contributed by atoms with Crippen molar-refractivity contribution in [3.05, 3.63) is 59.7 Å². The van der Waals surface area contributed by atoms with Crippen molar-refractivity contribution in [2.75, 3.05) is 14.2 Å². The standard InChI is InChI=1S/C29H36O4/c1-29(2,23-11-5-19(6-12-23)21-9-15-25(30)27(17-21)32-3)24-13-7-20(8-14-24)22-10-16-26(31)28(18-22)33-4/h5,7,9-10,15-18,23-24,30-31H,6,8,11-14H2,1-4H3. The Hall–Kier alpha value is -2.88. The van der Waals surface area contributed by atoms with Crippen molar-refractivity contribution in [2.45, 2.75) is 52.4 Å². The van der Waals surface area contributed by atoms with Gasteiger partial charge in [0, 0.05) is 0 Å². The maximum absolute atomic E-state index is 9.89. The summed E-state index contributed by atoms with van der Waals surface area (Å²) in [5, 5.41) is 19.8. The van der Waals surface area contributed by atoms with Crippen LogP contribution in [0.15, 0.2) is 48.6 Å². The second kappa shape index (κ2) is 9.54.